The Balaban J connectivity index is 2.16. The molecule has 1 aliphatic rings. The Morgan fingerprint density at radius 3 is 2.61 bits per heavy atom. The van der Waals surface area contributed by atoms with Gasteiger partial charge in [-0.2, -0.15) is 4.31 Å². The van der Waals surface area contributed by atoms with Crippen LogP contribution in [0.3, 0.4) is 0 Å². The minimum absolute atomic E-state index is 0.137. The van der Waals surface area contributed by atoms with Crippen molar-refractivity contribution in [2.75, 3.05) is 18.4 Å². The van der Waals surface area contributed by atoms with E-state index < -0.39 is 15.6 Å². The molecule has 0 aliphatic carbocycles. The topological polar surface area (TPSA) is 118 Å². The Morgan fingerprint density at radius 2 is 2.11 bits per heavy atom. The number of carbonyl (C=O) groups is 1. The summed E-state index contributed by atoms with van der Waals surface area (Å²) in [5.74, 6) is -0.325. The molecule has 1 saturated heterocycles. The van der Waals surface area contributed by atoms with Gasteiger partial charge in [0.05, 0.1) is 0 Å². The maximum absolute atomic E-state index is 12.1. The molecule has 0 aromatic carbocycles. The lowest BCUT2D eigenvalue weighted by atomic mass is 9.97. The van der Waals surface area contributed by atoms with Gasteiger partial charge in [0.1, 0.15) is 0 Å². The molecular formula is C8H13N5O3S2. The van der Waals surface area contributed by atoms with Gasteiger partial charge in [0.25, 0.3) is 10.0 Å². The molecule has 0 unspecified atom stereocenters. The van der Waals surface area contributed by atoms with Crippen LogP contribution < -0.4 is 11.1 Å². The number of hydrogen-bond acceptors (Lipinski definition) is 7. The van der Waals surface area contributed by atoms with Crippen LogP contribution >= 0.6 is 11.3 Å². The molecule has 1 aliphatic heterocycles. The Kier molecular flexibility index (Phi) is 3.13. The minimum Gasteiger partial charge on any atom is -0.323 e. The van der Waals surface area contributed by atoms with Gasteiger partial charge in [-0.1, -0.05) is 11.3 Å². The predicted octanol–water partition coefficient (Wildman–Crippen LogP) is -0.782. The first-order valence-electron chi connectivity index (χ1n) is 5.11. The molecule has 1 aromatic heterocycles. The fourth-order valence-electron chi connectivity index (χ4n) is 1.55. The molecule has 0 bridgehead atoms. The fraction of sp³-hybridized carbons (Fsp3) is 0.625. The van der Waals surface area contributed by atoms with Crippen LogP contribution in [0.5, 0.6) is 0 Å². The maximum atomic E-state index is 12.1. The van der Waals surface area contributed by atoms with E-state index in [1.54, 1.807) is 6.92 Å². The number of sulfonamides is 1. The van der Waals surface area contributed by atoms with E-state index in [0.29, 0.717) is 0 Å². The molecule has 1 amide bonds. The molecule has 10 heteroatoms. The number of anilines is 1. The SMILES string of the molecule is CC(=O)Nc1nnc(S(=O)(=O)N2CC(C)(N)C2)s1. The minimum atomic E-state index is -3.64. The molecule has 2 heterocycles. The van der Waals surface area contributed by atoms with Crippen LogP contribution in [0.15, 0.2) is 4.34 Å². The van der Waals surface area contributed by atoms with Crippen LogP contribution in [0, 0.1) is 0 Å². The summed E-state index contributed by atoms with van der Waals surface area (Å²) in [6.45, 7) is 3.60. The molecule has 0 atom stereocenters. The first-order valence-corrected chi connectivity index (χ1v) is 7.36. The lowest BCUT2D eigenvalue weighted by Gasteiger charge is -2.43. The van der Waals surface area contributed by atoms with Crippen molar-refractivity contribution in [3.05, 3.63) is 0 Å². The van der Waals surface area contributed by atoms with Crippen LogP contribution in [-0.4, -0.2) is 47.5 Å². The second-order valence-corrected chi connectivity index (χ2v) is 7.57. The highest BCUT2D eigenvalue weighted by Gasteiger charge is 2.44. The van der Waals surface area contributed by atoms with Gasteiger partial charge in [-0.15, -0.1) is 10.2 Å². The molecule has 2 rings (SSSR count). The summed E-state index contributed by atoms with van der Waals surface area (Å²) in [6, 6.07) is 0. The van der Waals surface area contributed by atoms with E-state index in [0.717, 1.165) is 11.3 Å². The van der Waals surface area contributed by atoms with Gasteiger partial charge in [0.15, 0.2) is 0 Å². The second-order valence-electron chi connectivity index (χ2n) is 4.48. The zero-order valence-electron chi connectivity index (χ0n) is 9.87. The van der Waals surface area contributed by atoms with E-state index in [2.05, 4.69) is 15.5 Å². The third kappa shape index (κ3) is 2.51. The van der Waals surface area contributed by atoms with Crippen molar-refractivity contribution in [3.8, 4) is 0 Å². The van der Waals surface area contributed by atoms with Gasteiger partial charge in [-0.25, -0.2) is 8.42 Å². The molecule has 0 spiro atoms. The Bertz CT molecular complexity index is 571. The largest absolute Gasteiger partial charge is 0.323 e. The van der Waals surface area contributed by atoms with Gasteiger partial charge >= 0.3 is 0 Å². The number of amides is 1. The van der Waals surface area contributed by atoms with Crippen LogP contribution in [0.2, 0.25) is 0 Å². The highest BCUT2D eigenvalue weighted by atomic mass is 32.2. The van der Waals surface area contributed by atoms with E-state index in [1.807, 2.05) is 0 Å². The fourth-order valence-corrected chi connectivity index (χ4v) is 4.35. The average molecular weight is 291 g/mol. The van der Waals surface area contributed by atoms with Crippen LogP contribution in [0.25, 0.3) is 0 Å². The van der Waals surface area contributed by atoms with Gasteiger partial charge < -0.3 is 11.1 Å². The smallest absolute Gasteiger partial charge is 0.272 e. The van der Waals surface area contributed by atoms with Crippen molar-refractivity contribution < 1.29 is 13.2 Å². The number of rotatable bonds is 3. The molecule has 100 valence electrons. The monoisotopic (exact) mass is 291 g/mol. The standard InChI is InChI=1S/C8H13N5O3S2/c1-5(14)10-6-11-12-7(17-6)18(15,16)13-3-8(2,9)4-13/h3-4,9H2,1-2H3,(H,10,11,14). The van der Waals surface area contributed by atoms with Crippen LogP contribution in [0.1, 0.15) is 13.8 Å². The summed E-state index contributed by atoms with van der Waals surface area (Å²) in [5, 5.41) is 9.72. The van der Waals surface area contributed by atoms with Crippen LogP contribution in [0.4, 0.5) is 5.13 Å². The van der Waals surface area contributed by atoms with Crippen molar-refractivity contribution in [1.82, 2.24) is 14.5 Å². The van der Waals surface area contributed by atoms with Gasteiger partial charge in [0, 0.05) is 25.6 Å². The summed E-state index contributed by atoms with van der Waals surface area (Å²) in [5.41, 5.74) is 5.27. The third-order valence-corrected chi connectivity index (χ3v) is 5.30. The predicted molar refractivity (Wildman–Crippen MR) is 65.6 cm³/mol. The lowest BCUT2D eigenvalue weighted by Crippen LogP contribution is -2.66. The Labute approximate surface area is 108 Å². The molecule has 3 N–H and O–H groups in total. The summed E-state index contributed by atoms with van der Waals surface area (Å²) >= 11 is 0.821. The zero-order valence-corrected chi connectivity index (χ0v) is 11.5. The Hall–Kier alpha value is -1.10. The molecule has 18 heavy (non-hydrogen) atoms. The van der Waals surface area contributed by atoms with Crippen molar-refractivity contribution >= 4 is 32.4 Å². The normalized spacial score (nSPS) is 19.3. The number of nitrogens with one attached hydrogen (secondary N) is 1. The molecule has 8 nitrogen and oxygen atoms in total. The number of nitrogens with zero attached hydrogens (tertiary/aromatic N) is 3. The first kappa shape index (κ1) is 13.3. The van der Waals surface area contributed by atoms with Gasteiger partial charge in [-0.05, 0) is 6.92 Å². The molecule has 0 radical (unpaired) electrons. The van der Waals surface area contributed by atoms with Crippen molar-refractivity contribution in [2.45, 2.75) is 23.7 Å². The molecule has 1 aromatic rings. The quantitative estimate of drug-likeness (QED) is 0.705. The van der Waals surface area contributed by atoms with Gasteiger partial charge in [-0.3, -0.25) is 4.79 Å². The molecule has 1 fully saturated rings. The van der Waals surface area contributed by atoms with E-state index >= 15 is 0 Å². The summed E-state index contributed by atoms with van der Waals surface area (Å²) in [7, 11) is -3.64. The van der Waals surface area contributed by atoms with Crippen molar-refractivity contribution in [2.24, 2.45) is 5.73 Å². The maximum Gasteiger partial charge on any atom is 0.272 e. The van der Waals surface area contributed by atoms with Crippen molar-refractivity contribution in [1.29, 1.82) is 0 Å². The summed E-state index contributed by atoms with van der Waals surface area (Å²) < 4.78 is 25.2. The second kappa shape index (κ2) is 4.23. The highest BCUT2D eigenvalue weighted by Crippen LogP contribution is 2.29. The number of nitrogens with two attached hydrogens (primary N) is 1. The molecule has 0 saturated carbocycles. The van der Waals surface area contributed by atoms with E-state index in [9.17, 15) is 13.2 Å². The summed E-state index contributed by atoms with van der Waals surface area (Å²) in [4.78, 5) is 10.8. The van der Waals surface area contributed by atoms with E-state index in [-0.39, 0.29) is 28.5 Å². The van der Waals surface area contributed by atoms with Gasteiger partial charge in [0.2, 0.25) is 15.4 Å². The first-order chi connectivity index (χ1) is 8.21. The summed E-state index contributed by atoms with van der Waals surface area (Å²) in [6.07, 6.45) is 0. The number of carbonyl (C=O) groups excluding carboxylic acids is 1. The average Bonchev–Trinajstić information content (AvgIpc) is 2.62. The lowest BCUT2D eigenvalue weighted by molar-refractivity contribution is -0.114. The van der Waals surface area contributed by atoms with E-state index in [4.69, 9.17) is 5.73 Å². The zero-order chi connectivity index (χ0) is 13.6. The van der Waals surface area contributed by atoms with Crippen molar-refractivity contribution in [3.63, 3.8) is 0 Å². The highest BCUT2D eigenvalue weighted by molar-refractivity contribution is 7.91. The number of hydrogen-bond donors (Lipinski definition) is 2. The number of aromatic nitrogens is 2. The third-order valence-electron chi connectivity index (χ3n) is 2.33. The molecular weight excluding hydrogens is 278 g/mol. The van der Waals surface area contributed by atoms with Crippen LogP contribution in [-0.2, 0) is 14.8 Å². The van der Waals surface area contributed by atoms with E-state index in [1.165, 1.54) is 11.2 Å². The Morgan fingerprint density at radius 1 is 1.50 bits per heavy atom.